The molecule has 2 unspecified atom stereocenters. The molecule has 228 valence electrons. The van der Waals surface area contributed by atoms with E-state index in [1.165, 1.54) is 0 Å². The van der Waals surface area contributed by atoms with Crippen LogP contribution in [0.25, 0.3) is 0 Å². The number of benzene rings is 2. The monoisotopic (exact) mass is 597 g/mol. The summed E-state index contributed by atoms with van der Waals surface area (Å²) in [4.78, 5) is 28.4. The topological polar surface area (TPSA) is 100 Å². The van der Waals surface area contributed by atoms with Gasteiger partial charge in [0.2, 0.25) is 20.2 Å². The highest BCUT2D eigenvalue weighted by atomic mass is 28.4. The van der Waals surface area contributed by atoms with Gasteiger partial charge in [0, 0.05) is 49.3 Å². The van der Waals surface area contributed by atoms with Crippen LogP contribution in [0.3, 0.4) is 0 Å². The van der Waals surface area contributed by atoms with E-state index in [0.29, 0.717) is 30.9 Å². The van der Waals surface area contributed by atoms with E-state index in [2.05, 4.69) is 10.6 Å². The van der Waals surface area contributed by atoms with Gasteiger partial charge in [-0.3, -0.25) is 9.59 Å². The number of carbonyl (C=O) groups is 2. The van der Waals surface area contributed by atoms with Crippen molar-refractivity contribution in [2.45, 2.75) is 76.0 Å². The number of rotatable bonds is 8. The number of hydrogen-bond donors (Lipinski definition) is 3. The molecule has 0 spiro atoms. The zero-order chi connectivity index (χ0) is 30.0. The van der Waals surface area contributed by atoms with E-state index in [0.717, 1.165) is 36.1 Å². The fourth-order valence-electron chi connectivity index (χ4n) is 6.87. The average molecular weight is 598 g/mol. The summed E-state index contributed by atoms with van der Waals surface area (Å²) < 4.78 is 28.6. The van der Waals surface area contributed by atoms with Gasteiger partial charge in [0.25, 0.3) is 0 Å². The number of hydrogen-bond acceptors (Lipinski definition) is 6. The molecule has 0 aliphatic carbocycles. The molecular formula is C32H44FN3O5Si. The number of ether oxygens (including phenoxy) is 2. The summed E-state index contributed by atoms with van der Waals surface area (Å²) in [5.74, 6) is 0.0909. The number of piperidine rings is 1. The highest BCUT2D eigenvalue weighted by molar-refractivity contribution is 6.72. The van der Waals surface area contributed by atoms with Gasteiger partial charge in [0.05, 0.1) is 24.7 Å². The minimum atomic E-state index is -3.42. The molecule has 0 radical (unpaired) electrons. The number of nitrogens with zero attached hydrogens (tertiary/aromatic N) is 1. The molecule has 8 nitrogen and oxygen atoms in total. The Labute approximate surface area is 249 Å². The normalized spacial score (nSPS) is 26.4. The van der Waals surface area contributed by atoms with Gasteiger partial charge in [-0.05, 0) is 68.2 Å². The molecule has 3 heterocycles. The lowest BCUT2D eigenvalue weighted by Gasteiger charge is -2.44. The van der Waals surface area contributed by atoms with E-state index in [1.807, 2.05) is 49.4 Å². The third-order valence-electron chi connectivity index (χ3n) is 9.32. The van der Waals surface area contributed by atoms with Crippen molar-refractivity contribution in [2.75, 3.05) is 32.1 Å². The van der Waals surface area contributed by atoms with Crippen LogP contribution < -0.4 is 15.4 Å². The Morgan fingerprint density at radius 2 is 2.00 bits per heavy atom. The molecule has 3 aliphatic heterocycles. The first-order chi connectivity index (χ1) is 20.1. The van der Waals surface area contributed by atoms with Gasteiger partial charge >= 0.3 is 0 Å². The molecule has 2 aromatic rings. The largest absolute Gasteiger partial charge is 0.490 e. The summed E-state index contributed by atoms with van der Waals surface area (Å²) in [6, 6.07) is 13.1. The van der Waals surface area contributed by atoms with Gasteiger partial charge in [0.1, 0.15) is 11.9 Å². The van der Waals surface area contributed by atoms with Crippen LogP contribution in [-0.4, -0.2) is 69.2 Å². The predicted molar refractivity (Wildman–Crippen MR) is 163 cm³/mol. The Kier molecular flexibility index (Phi) is 9.37. The van der Waals surface area contributed by atoms with E-state index in [9.17, 15) is 14.7 Å². The number of amides is 2. The zero-order valence-corrected chi connectivity index (χ0v) is 26.1. The van der Waals surface area contributed by atoms with Gasteiger partial charge in [-0.25, -0.2) is 0 Å². The van der Waals surface area contributed by atoms with E-state index < -0.39 is 26.2 Å². The SMILES string of the molecule is CO[C@H]1c2cc(NC(=O)C3CCCNC3)ccc2O[C@@H](C(CC(=O)N2Cc3ccccc3C[C@H]2CO)[Si](C)(C)F)[C@@H]1C. The molecule has 10 heteroatoms. The van der Waals surface area contributed by atoms with E-state index >= 15 is 4.11 Å². The summed E-state index contributed by atoms with van der Waals surface area (Å²) >= 11 is 0. The first-order valence-electron chi connectivity index (χ1n) is 15.1. The standard InChI is InChI=1S/C32H44FN3O5Si/c1-20-30(40-2)26-15-24(35-32(39)22-10-7-13-34-17-22)11-12-27(26)41-31(20)28(42(3,4)33)16-29(38)36-18-23-9-6-5-8-21(23)14-25(36)19-37/h5-6,8-9,11-12,15,20,22,25,28,30-31,34,37H,7,10,13-14,16-19H2,1-4H3,(H,35,39)/t20-,22?,25+,28?,30-,31-/m1/s1. The molecule has 2 aromatic carbocycles. The fraction of sp³-hybridized carbons (Fsp3) is 0.562. The number of anilines is 1. The average Bonchev–Trinajstić information content (AvgIpc) is 2.99. The summed E-state index contributed by atoms with van der Waals surface area (Å²) in [6.07, 6.45) is 1.44. The molecule has 0 bridgehead atoms. The molecule has 3 aliphatic rings. The summed E-state index contributed by atoms with van der Waals surface area (Å²) in [6.45, 7) is 7.10. The van der Waals surface area contributed by atoms with Gasteiger partial charge in [0.15, 0.2) is 0 Å². The second kappa shape index (κ2) is 12.8. The maximum absolute atomic E-state index is 16.1. The second-order valence-corrected chi connectivity index (χ2v) is 16.5. The second-order valence-electron chi connectivity index (χ2n) is 12.6. The van der Waals surface area contributed by atoms with Crippen LogP contribution in [0.2, 0.25) is 18.6 Å². The van der Waals surface area contributed by atoms with E-state index in [1.54, 1.807) is 25.1 Å². The van der Waals surface area contributed by atoms with Crippen molar-refractivity contribution in [1.29, 1.82) is 0 Å². The van der Waals surface area contributed by atoms with Crippen LogP contribution in [-0.2, 0) is 27.3 Å². The maximum Gasteiger partial charge on any atom is 0.248 e. The molecule has 5 rings (SSSR count). The number of carbonyl (C=O) groups excluding carboxylic acids is 2. The van der Waals surface area contributed by atoms with Gasteiger partial charge in [-0.1, -0.05) is 31.2 Å². The molecule has 0 saturated carbocycles. The van der Waals surface area contributed by atoms with Crippen LogP contribution in [0.4, 0.5) is 9.80 Å². The first kappa shape index (κ1) is 30.7. The Morgan fingerprint density at radius 3 is 2.67 bits per heavy atom. The van der Waals surface area contributed by atoms with Crippen molar-refractivity contribution in [3.05, 3.63) is 59.2 Å². The highest BCUT2D eigenvalue weighted by Crippen LogP contribution is 2.48. The lowest BCUT2D eigenvalue weighted by atomic mass is 9.86. The molecule has 3 N–H and O–H groups in total. The minimum absolute atomic E-state index is 0.00126. The van der Waals surface area contributed by atoms with Gasteiger partial charge in [-0.15, -0.1) is 0 Å². The predicted octanol–water partition coefficient (Wildman–Crippen LogP) is 4.59. The third kappa shape index (κ3) is 6.41. The van der Waals surface area contributed by atoms with Gasteiger partial charge < -0.3 is 34.2 Å². The van der Waals surface area contributed by atoms with E-state index in [4.69, 9.17) is 9.47 Å². The molecule has 6 atom stereocenters. The van der Waals surface area contributed by atoms with Crippen molar-refractivity contribution < 1.29 is 28.3 Å². The maximum atomic E-state index is 16.1. The number of nitrogens with one attached hydrogen (secondary N) is 2. The summed E-state index contributed by atoms with van der Waals surface area (Å²) in [5.41, 5.74) is 3.04. The van der Waals surface area contributed by atoms with Gasteiger partial charge in [-0.2, -0.15) is 0 Å². The fourth-order valence-corrected chi connectivity index (χ4v) is 8.69. The molecule has 0 aromatic heterocycles. The third-order valence-corrected chi connectivity index (χ3v) is 11.6. The Morgan fingerprint density at radius 1 is 1.24 bits per heavy atom. The smallest absolute Gasteiger partial charge is 0.248 e. The molecule has 2 amide bonds. The highest BCUT2D eigenvalue weighted by Gasteiger charge is 2.49. The van der Waals surface area contributed by atoms with E-state index in [-0.39, 0.29) is 42.7 Å². The molecule has 42 heavy (non-hydrogen) atoms. The van der Waals surface area contributed by atoms with Crippen molar-refractivity contribution in [3.8, 4) is 5.75 Å². The lowest BCUT2D eigenvalue weighted by Crippen LogP contribution is -2.50. The van der Waals surface area contributed by atoms with Crippen molar-refractivity contribution in [2.24, 2.45) is 11.8 Å². The van der Waals surface area contributed by atoms with Crippen molar-refractivity contribution >= 4 is 25.9 Å². The Balaban J connectivity index is 1.36. The number of fused-ring (bicyclic) bond motifs is 2. The minimum Gasteiger partial charge on any atom is -0.490 e. The molecule has 1 saturated heterocycles. The first-order valence-corrected chi connectivity index (χ1v) is 18.1. The number of aliphatic hydroxyl groups is 1. The zero-order valence-electron chi connectivity index (χ0n) is 25.1. The quantitative estimate of drug-likeness (QED) is 0.304. The number of aliphatic hydroxyl groups excluding tert-OH is 1. The van der Waals surface area contributed by atoms with Crippen LogP contribution in [0.1, 0.15) is 49.0 Å². The van der Waals surface area contributed by atoms with Crippen molar-refractivity contribution in [1.82, 2.24) is 10.2 Å². The Bertz CT molecular complexity index is 1280. The number of halogens is 1. The molecular weight excluding hydrogens is 553 g/mol. The van der Waals surface area contributed by atoms with Crippen LogP contribution >= 0.6 is 0 Å². The van der Waals surface area contributed by atoms with Crippen LogP contribution in [0.15, 0.2) is 42.5 Å². The Hall–Kier alpha value is -2.79. The van der Waals surface area contributed by atoms with Crippen LogP contribution in [0.5, 0.6) is 5.75 Å². The lowest BCUT2D eigenvalue weighted by molar-refractivity contribution is -0.136. The van der Waals surface area contributed by atoms with Crippen LogP contribution in [0, 0.1) is 11.8 Å². The number of methoxy groups -OCH3 is 1. The molecule has 1 fully saturated rings. The summed E-state index contributed by atoms with van der Waals surface area (Å²) in [5, 5.41) is 16.4. The van der Waals surface area contributed by atoms with Crippen molar-refractivity contribution in [3.63, 3.8) is 0 Å². The summed E-state index contributed by atoms with van der Waals surface area (Å²) in [7, 11) is -1.79.